The van der Waals surface area contributed by atoms with E-state index >= 15 is 0 Å². The number of nitrogens with zero attached hydrogens (tertiary/aromatic N) is 5. The Kier molecular flexibility index (Phi) is 6.86. The Morgan fingerprint density at radius 2 is 1.79 bits per heavy atom. The molecule has 0 radical (unpaired) electrons. The van der Waals surface area contributed by atoms with E-state index in [2.05, 4.69) is 50.0 Å². The number of fused-ring (bicyclic) bond motifs is 1. The number of aromatic nitrogens is 5. The number of nitrogens with one attached hydrogen (secondary N) is 3. The Labute approximate surface area is 174 Å². The van der Waals surface area contributed by atoms with Crippen molar-refractivity contribution in [3.63, 3.8) is 0 Å². The Balaban J connectivity index is 1.70. The minimum absolute atomic E-state index is 0.112. The molecule has 0 aliphatic heterocycles. The highest BCUT2D eigenvalue weighted by molar-refractivity contribution is 7.99. The molecule has 0 atom stereocenters. The fourth-order valence-electron chi connectivity index (χ4n) is 2.68. The molecule has 3 N–H and O–H groups in total. The number of carbonyl (C=O) groups is 1. The molecule has 1 amide bonds. The normalized spacial score (nSPS) is 11.1. The van der Waals surface area contributed by atoms with Gasteiger partial charge in [-0.3, -0.25) is 4.79 Å². The Morgan fingerprint density at radius 3 is 2.45 bits per heavy atom. The SMILES string of the molecule is CCNc1nc(NCC)n2c(SCC(=O)Nc3ccc(C(C)C)cc3)nnc2n1. The summed E-state index contributed by atoms with van der Waals surface area (Å²) in [5.74, 6) is 2.05. The summed E-state index contributed by atoms with van der Waals surface area (Å²) >= 11 is 1.29. The molecule has 10 heteroatoms. The van der Waals surface area contributed by atoms with Crippen LogP contribution in [-0.4, -0.2) is 49.3 Å². The summed E-state index contributed by atoms with van der Waals surface area (Å²) in [6.07, 6.45) is 0. The van der Waals surface area contributed by atoms with Gasteiger partial charge in [0.1, 0.15) is 0 Å². The largest absolute Gasteiger partial charge is 0.355 e. The van der Waals surface area contributed by atoms with Gasteiger partial charge in [-0.15, -0.1) is 10.2 Å². The highest BCUT2D eigenvalue weighted by atomic mass is 32.2. The maximum Gasteiger partial charge on any atom is 0.261 e. The number of amides is 1. The van der Waals surface area contributed by atoms with Crippen LogP contribution in [0.4, 0.5) is 17.6 Å². The molecule has 2 heterocycles. The molecule has 0 saturated carbocycles. The average molecular weight is 415 g/mol. The first kappa shape index (κ1) is 20.8. The third-order valence-electron chi connectivity index (χ3n) is 4.11. The zero-order valence-electron chi connectivity index (χ0n) is 17.1. The molecular formula is C19H26N8OS. The summed E-state index contributed by atoms with van der Waals surface area (Å²) in [5.41, 5.74) is 2.01. The lowest BCUT2D eigenvalue weighted by Gasteiger charge is -2.10. The van der Waals surface area contributed by atoms with Crippen molar-refractivity contribution in [2.24, 2.45) is 0 Å². The van der Waals surface area contributed by atoms with Gasteiger partial charge in [-0.25, -0.2) is 4.40 Å². The summed E-state index contributed by atoms with van der Waals surface area (Å²) in [5, 5.41) is 18.0. The summed E-state index contributed by atoms with van der Waals surface area (Å²) in [6, 6.07) is 7.90. The minimum atomic E-state index is -0.112. The fourth-order valence-corrected chi connectivity index (χ4v) is 3.40. The molecule has 0 spiro atoms. The molecule has 0 saturated heterocycles. The van der Waals surface area contributed by atoms with Gasteiger partial charge in [0, 0.05) is 18.8 Å². The van der Waals surface area contributed by atoms with Gasteiger partial charge in [-0.2, -0.15) is 9.97 Å². The number of rotatable bonds is 9. The van der Waals surface area contributed by atoms with Gasteiger partial charge in [0.2, 0.25) is 17.8 Å². The van der Waals surface area contributed by atoms with Crippen LogP contribution >= 0.6 is 11.8 Å². The summed E-state index contributed by atoms with van der Waals surface area (Å²) < 4.78 is 1.72. The second-order valence-electron chi connectivity index (χ2n) is 6.66. The van der Waals surface area contributed by atoms with Crippen LogP contribution in [0.25, 0.3) is 5.78 Å². The molecule has 0 aliphatic rings. The van der Waals surface area contributed by atoms with Crippen LogP contribution in [0, 0.1) is 0 Å². The van der Waals surface area contributed by atoms with Crippen molar-refractivity contribution in [1.82, 2.24) is 24.6 Å². The van der Waals surface area contributed by atoms with Crippen molar-refractivity contribution >= 4 is 41.0 Å². The molecule has 0 bridgehead atoms. The van der Waals surface area contributed by atoms with E-state index in [1.165, 1.54) is 17.3 Å². The number of anilines is 3. The van der Waals surface area contributed by atoms with E-state index < -0.39 is 0 Å². The van der Waals surface area contributed by atoms with E-state index in [4.69, 9.17) is 0 Å². The van der Waals surface area contributed by atoms with Crippen molar-refractivity contribution < 1.29 is 4.79 Å². The molecule has 154 valence electrons. The predicted octanol–water partition coefficient (Wildman–Crippen LogP) is 3.24. The van der Waals surface area contributed by atoms with Crippen molar-refractivity contribution in [2.75, 3.05) is 34.8 Å². The zero-order valence-corrected chi connectivity index (χ0v) is 17.9. The van der Waals surface area contributed by atoms with Gasteiger partial charge in [0.25, 0.3) is 5.78 Å². The molecule has 0 aliphatic carbocycles. The fraction of sp³-hybridized carbons (Fsp3) is 0.421. The summed E-state index contributed by atoms with van der Waals surface area (Å²) in [7, 11) is 0. The van der Waals surface area contributed by atoms with Crippen molar-refractivity contribution in [3.8, 4) is 0 Å². The van der Waals surface area contributed by atoms with Crippen LogP contribution in [0.1, 0.15) is 39.2 Å². The van der Waals surface area contributed by atoms with Crippen LogP contribution < -0.4 is 16.0 Å². The second kappa shape index (κ2) is 9.55. The molecule has 0 fully saturated rings. The third kappa shape index (κ3) is 5.14. The van der Waals surface area contributed by atoms with Gasteiger partial charge in [-0.1, -0.05) is 37.7 Å². The van der Waals surface area contributed by atoms with Gasteiger partial charge in [0.05, 0.1) is 5.75 Å². The lowest BCUT2D eigenvalue weighted by atomic mass is 10.0. The molecule has 29 heavy (non-hydrogen) atoms. The number of hydrogen-bond donors (Lipinski definition) is 3. The number of thioether (sulfide) groups is 1. The smallest absolute Gasteiger partial charge is 0.261 e. The molecule has 0 unspecified atom stereocenters. The molecule has 1 aromatic carbocycles. The maximum absolute atomic E-state index is 12.4. The Morgan fingerprint density at radius 1 is 1.07 bits per heavy atom. The summed E-state index contributed by atoms with van der Waals surface area (Å²) in [4.78, 5) is 21.2. The van der Waals surface area contributed by atoms with Gasteiger partial charge < -0.3 is 16.0 Å². The predicted molar refractivity (Wildman–Crippen MR) is 117 cm³/mol. The molecular weight excluding hydrogens is 388 g/mol. The van der Waals surface area contributed by atoms with E-state index in [1.54, 1.807) is 4.40 Å². The van der Waals surface area contributed by atoms with E-state index in [1.807, 2.05) is 38.1 Å². The highest BCUT2D eigenvalue weighted by Gasteiger charge is 2.16. The summed E-state index contributed by atoms with van der Waals surface area (Å²) in [6.45, 7) is 9.62. The van der Waals surface area contributed by atoms with E-state index in [0.29, 0.717) is 41.8 Å². The van der Waals surface area contributed by atoms with Gasteiger partial charge in [0.15, 0.2) is 5.16 Å². The van der Waals surface area contributed by atoms with Crippen molar-refractivity contribution in [1.29, 1.82) is 0 Å². The monoisotopic (exact) mass is 414 g/mol. The first-order chi connectivity index (χ1) is 14.0. The second-order valence-corrected chi connectivity index (χ2v) is 7.61. The first-order valence-electron chi connectivity index (χ1n) is 9.65. The lowest BCUT2D eigenvalue weighted by Crippen LogP contribution is -2.15. The minimum Gasteiger partial charge on any atom is -0.355 e. The highest BCUT2D eigenvalue weighted by Crippen LogP contribution is 2.22. The Bertz CT molecular complexity index is 970. The van der Waals surface area contributed by atoms with E-state index in [9.17, 15) is 4.79 Å². The van der Waals surface area contributed by atoms with Crippen LogP contribution in [-0.2, 0) is 4.79 Å². The standard InChI is InChI=1S/C19H26N8OS/c1-5-20-16-23-17(21-6-2)27-18(24-16)25-26-19(27)29-11-15(28)22-14-9-7-13(8-10-14)12(3)4/h7-10,12H,5-6,11H2,1-4H3,(H,22,28)(H2,20,21,23,24,25). The molecule has 3 rings (SSSR count). The van der Waals surface area contributed by atoms with Gasteiger partial charge in [-0.05, 0) is 37.5 Å². The van der Waals surface area contributed by atoms with E-state index in [0.717, 1.165) is 5.69 Å². The molecule has 3 aromatic rings. The number of benzene rings is 1. The lowest BCUT2D eigenvalue weighted by molar-refractivity contribution is -0.113. The average Bonchev–Trinajstić information content (AvgIpc) is 3.10. The van der Waals surface area contributed by atoms with Crippen molar-refractivity contribution in [3.05, 3.63) is 29.8 Å². The molecule has 2 aromatic heterocycles. The third-order valence-corrected chi connectivity index (χ3v) is 5.04. The molecule has 9 nitrogen and oxygen atoms in total. The van der Waals surface area contributed by atoms with Crippen LogP contribution in [0.3, 0.4) is 0 Å². The van der Waals surface area contributed by atoms with Crippen LogP contribution in [0.15, 0.2) is 29.4 Å². The topological polar surface area (TPSA) is 109 Å². The zero-order chi connectivity index (χ0) is 20.8. The van der Waals surface area contributed by atoms with Crippen molar-refractivity contribution in [2.45, 2.75) is 38.8 Å². The first-order valence-corrected chi connectivity index (χ1v) is 10.6. The number of hydrogen-bond acceptors (Lipinski definition) is 8. The quantitative estimate of drug-likeness (QED) is 0.458. The number of carbonyl (C=O) groups excluding carboxylic acids is 1. The van der Waals surface area contributed by atoms with Gasteiger partial charge >= 0.3 is 0 Å². The maximum atomic E-state index is 12.4. The van der Waals surface area contributed by atoms with Crippen LogP contribution in [0.5, 0.6) is 0 Å². The van der Waals surface area contributed by atoms with E-state index in [-0.39, 0.29) is 11.7 Å². The Hall–Kier alpha value is -2.88. The van der Waals surface area contributed by atoms with Crippen LogP contribution in [0.2, 0.25) is 0 Å².